The number of amides is 1. The number of carbonyl (C=O) groups excluding carboxylic acids is 1. The van der Waals surface area contributed by atoms with E-state index in [0.717, 1.165) is 13.0 Å². The lowest BCUT2D eigenvalue weighted by atomic mass is 10.0. The normalized spacial score (nSPS) is 27.3. The van der Waals surface area contributed by atoms with E-state index in [-0.39, 0.29) is 17.5 Å². The number of ether oxygens (including phenoxy) is 1. The molecule has 0 aromatic heterocycles. The number of nitrogens with one attached hydrogen (secondary N) is 2. The van der Waals surface area contributed by atoms with E-state index in [1.165, 1.54) is 0 Å². The van der Waals surface area contributed by atoms with Crippen LogP contribution in [0.2, 0.25) is 0 Å². The number of hydrogen-bond acceptors (Lipinski definition) is 3. The van der Waals surface area contributed by atoms with Gasteiger partial charge in [-0.05, 0) is 20.3 Å². The van der Waals surface area contributed by atoms with Crippen molar-refractivity contribution in [3.05, 3.63) is 12.7 Å². The second kappa shape index (κ2) is 5.28. The van der Waals surface area contributed by atoms with Gasteiger partial charge in [-0.1, -0.05) is 6.08 Å². The molecule has 0 aromatic rings. The lowest BCUT2D eigenvalue weighted by molar-refractivity contribution is -0.123. The van der Waals surface area contributed by atoms with Crippen molar-refractivity contribution in [2.75, 3.05) is 19.8 Å². The quantitative estimate of drug-likeness (QED) is 0.650. The minimum absolute atomic E-state index is 0.00280. The van der Waals surface area contributed by atoms with Gasteiger partial charge < -0.3 is 10.1 Å². The summed E-state index contributed by atoms with van der Waals surface area (Å²) in [7, 11) is 0. The Morgan fingerprint density at radius 1 is 1.73 bits per heavy atom. The Morgan fingerprint density at radius 2 is 2.47 bits per heavy atom. The van der Waals surface area contributed by atoms with Crippen molar-refractivity contribution in [2.24, 2.45) is 0 Å². The monoisotopic (exact) mass is 212 g/mol. The lowest BCUT2D eigenvalue weighted by Gasteiger charge is -2.27. The van der Waals surface area contributed by atoms with Crippen molar-refractivity contribution in [2.45, 2.75) is 31.8 Å². The molecule has 15 heavy (non-hydrogen) atoms. The van der Waals surface area contributed by atoms with Crippen LogP contribution in [0.4, 0.5) is 0 Å². The first-order valence-corrected chi connectivity index (χ1v) is 5.31. The van der Waals surface area contributed by atoms with E-state index >= 15 is 0 Å². The average Bonchev–Trinajstić information content (AvgIpc) is 2.61. The van der Waals surface area contributed by atoms with E-state index in [9.17, 15) is 4.79 Å². The Labute approximate surface area is 91.1 Å². The van der Waals surface area contributed by atoms with Gasteiger partial charge in [0.25, 0.3) is 0 Å². The zero-order valence-electron chi connectivity index (χ0n) is 9.51. The summed E-state index contributed by atoms with van der Waals surface area (Å²) < 4.78 is 5.31. The van der Waals surface area contributed by atoms with E-state index in [1.807, 2.05) is 6.92 Å². The lowest BCUT2D eigenvalue weighted by Crippen LogP contribution is -2.53. The third-order valence-electron chi connectivity index (χ3n) is 2.60. The van der Waals surface area contributed by atoms with Crippen molar-refractivity contribution in [1.29, 1.82) is 0 Å². The van der Waals surface area contributed by atoms with Crippen molar-refractivity contribution in [3.8, 4) is 0 Å². The van der Waals surface area contributed by atoms with Crippen LogP contribution in [0.3, 0.4) is 0 Å². The Balaban J connectivity index is 2.36. The zero-order chi connectivity index (χ0) is 11.3. The molecule has 4 heteroatoms. The van der Waals surface area contributed by atoms with Crippen molar-refractivity contribution in [3.63, 3.8) is 0 Å². The molecule has 1 saturated heterocycles. The van der Waals surface area contributed by atoms with E-state index in [1.54, 1.807) is 6.08 Å². The third-order valence-corrected chi connectivity index (χ3v) is 2.60. The SMILES string of the molecule is C=CCNC(=O)C(C)NC1(C)CCOC1. The predicted molar refractivity (Wildman–Crippen MR) is 59.6 cm³/mol. The van der Waals surface area contributed by atoms with E-state index in [2.05, 4.69) is 24.1 Å². The predicted octanol–water partition coefficient (Wildman–Crippen LogP) is 0.446. The summed E-state index contributed by atoms with van der Waals surface area (Å²) >= 11 is 0. The topological polar surface area (TPSA) is 50.4 Å². The summed E-state index contributed by atoms with van der Waals surface area (Å²) in [5.74, 6) is 0.00280. The number of hydrogen-bond donors (Lipinski definition) is 2. The van der Waals surface area contributed by atoms with Crippen molar-refractivity contribution >= 4 is 5.91 Å². The minimum Gasteiger partial charge on any atom is -0.379 e. The first kappa shape index (κ1) is 12.2. The fourth-order valence-corrected chi connectivity index (χ4v) is 1.69. The van der Waals surface area contributed by atoms with Gasteiger partial charge in [-0.15, -0.1) is 6.58 Å². The molecule has 0 saturated carbocycles. The van der Waals surface area contributed by atoms with Gasteiger partial charge in [0.2, 0.25) is 5.91 Å². The molecular weight excluding hydrogens is 192 g/mol. The van der Waals surface area contributed by atoms with Gasteiger partial charge >= 0.3 is 0 Å². The Morgan fingerprint density at radius 3 is 3.00 bits per heavy atom. The zero-order valence-corrected chi connectivity index (χ0v) is 9.51. The van der Waals surface area contributed by atoms with Crippen LogP contribution in [0, 0.1) is 0 Å². The Hall–Kier alpha value is -0.870. The first-order valence-electron chi connectivity index (χ1n) is 5.31. The molecule has 86 valence electrons. The highest BCUT2D eigenvalue weighted by Gasteiger charge is 2.32. The largest absolute Gasteiger partial charge is 0.379 e. The average molecular weight is 212 g/mol. The summed E-state index contributed by atoms with van der Waals surface area (Å²) in [6, 6.07) is -0.198. The molecule has 2 atom stereocenters. The molecule has 0 radical (unpaired) electrons. The van der Waals surface area contributed by atoms with Crippen molar-refractivity contribution in [1.82, 2.24) is 10.6 Å². The van der Waals surface area contributed by atoms with Crippen LogP contribution >= 0.6 is 0 Å². The highest BCUT2D eigenvalue weighted by Crippen LogP contribution is 2.17. The van der Waals surface area contributed by atoms with Crippen LogP contribution in [0.15, 0.2) is 12.7 Å². The number of carbonyl (C=O) groups is 1. The van der Waals surface area contributed by atoms with Crippen LogP contribution in [-0.4, -0.2) is 37.2 Å². The summed E-state index contributed by atoms with van der Waals surface area (Å²) in [6.45, 7) is 9.45. The molecule has 2 unspecified atom stereocenters. The fourth-order valence-electron chi connectivity index (χ4n) is 1.69. The second-order valence-corrected chi connectivity index (χ2v) is 4.26. The van der Waals surface area contributed by atoms with Crippen molar-refractivity contribution < 1.29 is 9.53 Å². The van der Waals surface area contributed by atoms with Gasteiger partial charge in [0.15, 0.2) is 0 Å². The van der Waals surface area contributed by atoms with Gasteiger partial charge in [0, 0.05) is 18.7 Å². The molecule has 4 nitrogen and oxygen atoms in total. The second-order valence-electron chi connectivity index (χ2n) is 4.26. The molecule has 1 aliphatic heterocycles. The highest BCUT2D eigenvalue weighted by atomic mass is 16.5. The van der Waals surface area contributed by atoms with Crippen LogP contribution in [0.5, 0.6) is 0 Å². The van der Waals surface area contributed by atoms with Gasteiger partial charge in [-0.25, -0.2) is 0 Å². The van der Waals surface area contributed by atoms with Gasteiger partial charge in [0.1, 0.15) is 0 Å². The molecule has 1 heterocycles. The van der Waals surface area contributed by atoms with Crippen LogP contribution in [0.25, 0.3) is 0 Å². The van der Waals surface area contributed by atoms with Crippen LogP contribution < -0.4 is 10.6 Å². The van der Waals surface area contributed by atoms with Gasteiger partial charge in [-0.3, -0.25) is 10.1 Å². The molecule has 2 N–H and O–H groups in total. The minimum atomic E-state index is -0.198. The van der Waals surface area contributed by atoms with Crippen LogP contribution in [-0.2, 0) is 9.53 Å². The molecule has 1 fully saturated rings. The molecular formula is C11H20N2O2. The first-order chi connectivity index (χ1) is 7.07. The Kier molecular flexibility index (Phi) is 4.29. The number of rotatable bonds is 5. The molecule has 1 amide bonds. The molecule has 0 aliphatic carbocycles. The molecule has 0 bridgehead atoms. The summed E-state index contributed by atoms with van der Waals surface area (Å²) in [4.78, 5) is 11.6. The van der Waals surface area contributed by atoms with E-state index in [0.29, 0.717) is 13.2 Å². The molecule has 0 spiro atoms. The van der Waals surface area contributed by atoms with Gasteiger partial charge in [0.05, 0.1) is 12.6 Å². The maximum atomic E-state index is 11.6. The van der Waals surface area contributed by atoms with E-state index in [4.69, 9.17) is 4.74 Å². The maximum absolute atomic E-state index is 11.6. The highest BCUT2D eigenvalue weighted by molar-refractivity contribution is 5.81. The van der Waals surface area contributed by atoms with E-state index < -0.39 is 0 Å². The maximum Gasteiger partial charge on any atom is 0.237 e. The van der Waals surface area contributed by atoms with Gasteiger partial charge in [-0.2, -0.15) is 0 Å². The smallest absolute Gasteiger partial charge is 0.237 e. The standard InChI is InChI=1S/C11H20N2O2/c1-4-6-12-10(14)9(2)13-11(3)5-7-15-8-11/h4,9,13H,1,5-8H2,2-3H3,(H,12,14). The summed E-state index contributed by atoms with van der Waals surface area (Å²) in [6.07, 6.45) is 2.62. The molecule has 1 rings (SSSR count). The molecule has 0 aromatic carbocycles. The van der Waals surface area contributed by atoms with Crippen LogP contribution in [0.1, 0.15) is 20.3 Å². The third kappa shape index (κ3) is 3.64. The summed E-state index contributed by atoms with van der Waals surface area (Å²) in [5.41, 5.74) is -0.0645. The molecule has 1 aliphatic rings. The fraction of sp³-hybridized carbons (Fsp3) is 0.727. The Bertz CT molecular complexity index is 235. The summed E-state index contributed by atoms with van der Waals surface area (Å²) in [5, 5.41) is 6.06.